The van der Waals surface area contributed by atoms with E-state index in [-0.39, 0.29) is 11.9 Å². The second-order valence-corrected chi connectivity index (χ2v) is 9.02. The number of para-hydroxylation sites is 1. The number of halogens is 1. The van der Waals surface area contributed by atoms with Crippen LogP contribution in [-0.4, -0.2) is 67.3 Å². The molecule has 0 N–H and O–H groups in total. The third kappa shape index (κ3) is 4.51. The maximum absolute atomic E-state index is 13.5. The topological polar surface area (TPSA) is 63.6 Å². The molecule has 1 spiro atoms. The number of piperidine rings is 1. The molecule has 1 amide bonds. The number of hydrazone groups is 1. The number of rotatable bonds is 5. The number of methoxy groups -OCH3 is 1. The average Bonchev–Trinajstić information content (AvgIpc) is 3.49. The lowest BCUT2D eigenvalue weighted by molar-refractivity contribution is -0.186. The molecule has 0 unspecified atom stereocenters. The zero-order valence-corrected chi connectivity index (χ0v) is 19.5. The summed E-state index contributed by atoms with van der Waals surface area (Å²) in [7, 11) is 1.64. The van der Waals surface area contributed by atoms with Gasteiger partial charge in [0.25, 0.3) is 5.91 Å². The van der Waals surface area contributed by atoms with Gasteiger partial charge in [-0.25, -0.2) is 5.01 Å². The van der Waals surface area contributed by atoms with Crippen molar-refractivity contribution in [3.63, 3.8) is 0 Å². The van der Waals surface area contributed by atoms with E-state index in [4.69, 9.17) is 30.9 Å². The van der Waals surface area contributed by atoms with Gasteiger partial charge in [0.2, 0.25) is 0 Å². The van der Waals surface area contributed by atoms with Gasteiger partial charge in [-0.15, -0.1) is 0 Å². The van der Waals surface area contributed by atoms with Crippen LogP contribution in [0.4, 0.5) is 0 Å². The van der Waals surface area contributed by atoms with E-state index < -0.39 is 5.79 Å². The minimum atomic E-state index is -0.456. The van der Waals surface area contributed by atoms with E-state index in [1.54, 1.807) is 12.1 Å². The van der Waals surface area contributed by atoms with Gasteiger partial charge in [0, 0.05) is 42.9 Å². The van der Waals surface area contributed by atoms with Crippen LogP contribution in [-0.2, 0) is 14.3 Å². The zero-order chi connectivity index (χ0) is 22.8. The first kappa shape index (κ1) is 22.3. The SMILES string of the molecule is COc1ccccc1C1=NN(C(=O)CN2CCC3(CC2)OCCO3)[C@H](c2ccccc2Cl)C1. The molecule has 0 bridgehead atoms. The van der Waals surface area contributed by atoms with Crippen LogP contribution in [0, 0.1) is 0 Å². The average molecular weight is 470 g/mol. The lowest BCUT2D eigenvalue weighted by atomic mass is 9.97. The Kier molecular flexibility index (Phi) is 6.38. The minimum Gasteiger partial charge on any atom is -0.496 e. The first-order valence-corrected chi connectivity index (χ1v) is 11.7. The molecular weight excluding hydrogens is 442 g/mol. The summed E-state index contributed by atoms with van der Waals surface area (Å²) in [6.07, 6.45) is 2.11. The van der Waals surface area contributed by atoms with Crippen molar-refractivity contribution >= 4 is 23.2 Å². The smallest absolute Gasteiger partial charge is 0.257 e. The fraction of sp³-hybridized carbons (Fsp3) is 0.440. The second-order valence-electron chi connectivity index (χ2n) is 8.61. The summed E-state index contributed by atoms with van der Waals surface area (Å²) >= 11 is 6.54. The Hall–Kier alpha value is -2.45. The van der Waals surface area contributed by atoms with Crippen molar-refractivity contribution in [1.29, 1.82) is 0 Å². The highest BCUT2D eigenvalue weighted by molar-refractivity contribution is 6.31. The summed E-state index contributed by atoms with van der Waals surface area (Å²) in [4.78, 5) is 15.6. The lowest BCUT2D eigenvalue weighted by Gasteiger charge is -2.37. The number of hydrogen-bond donors (Lipinski definition) is 0. The van der Waals surface area contributed by atoms with Crippen molar-refractivity contribution < 1.29 is 19.0 Å². The molecule has 2 fully saturated rings. The van der Waals surface area contributed by atoms with Crippen LogP contribution < -0.4 is 4.74 Å². The van der Waals surface area contributed by atoms with Gasteiger partial charge >= 0.3 is 0 Å². The summed E-state index contributed by atoms with van der Waals surface area (Å²) < 4.78 is 17.2. The highest BCUT2D eigenvalue weighted by Crippen LogP contribution is 2.38. The fourth-order valence-electron chi connectivity index (χ4n) is 4.87. The van der Waals surface area contributed by atoms with Crippen LogP contribution in [0.5, 0.6) is 5.75 Å². The number of hydrogen-bond acceptors (Lipinski definition) is 6. The Balaban J connectivity index is 1.37. The molecule has 3 heterocycles. The van der Waals surface area contributed by atoms with E-state index in [1.807, 2.05) is 48.5 Å². The molecule has 1 atom stereocenters. The number of likely N-dealkylation sites (tertiary alicyclic amines) is 1. The molecular formula is C25H28ClN3O4. The molecule has 33 heavy (non-hydrogen) atoms. The third-order valence-electron chi connectivity index (χ3n) is 6.64. The lowest BCUT2D eigenvalue weighted by Crippen LogP contribution is -2.48. The molecule has 5 rings (SSSR count). The first-order chi connectivity index (χ1) is 16.1. The zero-order valence-electron chi connectivity index (χ0n) is 18.7. The Bertz CT molecular complexity index is 1040. The number of amides is 1. The normalized spacial score (nSPS) is 22.5. The van der Waals surface area contributed by atoms with Crippen LogP contribution in [0.15, 0.2) is 53.6 Å². The first-order valence-electron chi connectivity index (χ1n) is 11.4. The van der Waals surface area contributed by atoms with E-state index in [0.29, 0.717) is 31.2 Å². The molecule has 174 valence electrons. The molecule has 8 heteroatoms. The van der Waals surface area contributed by atoms with E-state index in [2.05, 4.69) is 4.90 Å². The maximum Gasteiger partial charge on any atom is 0.257 e. The molecule has 2 aromatic carbocycles. The number of carbonyl (C=O) groups excluding carboxylic acids is 1. The van der Waals surface area contributed by atoms with Gasteiger partial charge in [-0.1, -0.05) is 41.9 Å². The molecule has 3 aliphatic heterocycles. The summed E-state index contributed by atoms with van der Waals surface area (Å²) in [5, 5.41) is 7.03. The second kappa shape index (κ2) is 9.43. The van der Waals surface area contributed by atoms with E-state index in [0.717, 1.165) is 48.5 Å². The van der Waals surface area contributed by atoms with Gasteiger partial charge in [0.1, 0.15) is 5.75 Å². The standard InChI is InChI=1S/C25H28ClN3O4/c1-31-23-9-5-3-7-19(23)21-16-22(18-6-2-4-8-20(18)26)29(27-21)24(30)17-28-12-10-25(11-13-28)32-14-15-33-25/h2-9,22H,10-17H2,1H3/t22-/m0/s1. The molecule has 2 saturated heterocycles. The summed E-state index contributed by atoms with van der Waals surface area (Å²) in [5.74, 6) is 0.234. The van der Waals surface area contributed by atoms with Crippen LogP contribution in [0.1, 0.15) is 36.4 Å². The number of carbonyl (C=O) groups is 1. The van der Waals surface area contributed by atoms with Gasteiger partial charge in [0.15, 0.2) is 5.79 Å². The predicted octanol–water partition coefficient (Wildman–Crippen LogP) is 3.87. The summed E-state index contributed by atoms with van der Waals surface area (Å²) in [5.41, 5.74) is 2.60. The van der Waals surface area contributed by atoms with E-state index >= 15 is 0 Å². The van der Waals surface area contributed by atoms with Crippen molar-refractivity contribution in [3.8, 4) is 5.75 Å². The Labute approximate surface area is 198 Å². The quantitative estimate of drug-likeness (QED) is 0.665. The monoisotopic (exact) mass is 469 g/mol. The van der Waals surface area contributed by atoms with Gasteiger partial charge in [0.05, 0.1) is 38.6 Å². The Morgan fingerprint density at radius 2 is 1.82 bits per heavy atom. The van der Waals surface area contributed by atoms with Crippen molar-refractivity contribution in [2.24, 2.45) is 5.10 Å². The largest absolute Gasteiger partial charge is 0.496 e. The Morgan fingerprint density at radius 3 is 2.55 bits per heavy atom. The van der Waals surface area contributed by atoms with Crippen LogP contribution >= 0.6 is 11.6 Å². The predicted molar refractivity (Wildman–Crippen MR) is 125 cm³/mol. The molecule has 0 saturated carbocycles. The molecule has 3 aliphatic rings. The Morgan fingerprint density at radius 1 is 1.12 bits per heavy atom. The van der Waals surface area contributed by atoms with Crippen molar-refractivity contribution in [2.45, 2.75) is 31.1 Å². The number of benzene rings is 2. The van der Waals surface area contributed by atoms with Crippen molar-refractivity contribution in [3.05, 3.63) is 64.7 Å². The summed E-state index contributed by atoms with van der Waals surface area (Å²) in [6.45, 7) is 3.08. The van der Waals surface area contributed by atoms with Gasteiger partial charge in [-0.3, -0.25) is 9.69 Å². The van der Waals surface area contributed by atoms with Crippen molar-refractivity contribution in [2.75, 3.05) is 40.0 Å². The van der Waals surface area contributed by atoms with Crippen molar-refractivity contribution in [1.82, 2.24) is 9.91 Å². The third-order valence-corrected chi connectivity index (χ3v) is 6.98. The molecule has 7 nitrogen and oxygen atoms in total. The molecule has 2 aromatic rings. The number of ether oxygens (including phenoxy) is 3. The maximum atomic E-state index is 13.5. The van der Waals surface area contributed by atoms with Gasteiger partial charge in [-0.05, 0) is 23.8 Å². The highest BCUT2D eigenvalue weighted by Gasteiger charge is 2.41. The van der Waals surface area contributed by atoms with E-state index in [9.17, 15) is 4.79 Å². The number of nitrogens with zero attached hydrogens (tertiary/aromatic N) is 3. The summed E-state index contributed by atoms with van der Waals surface area (Å²) in [6, 6.07) is 15.1. The van der Waals surface area contributed by atoms with Crippen LogP contribution in [0.25, 0.3) is 0 Å². The van der Waals surface area contributed by atoms with Gasteiger partial charge < -0.3 is 14.2 Å². The van der Waals surface area contributed by atoms with Gasteiger partial charge in [-0.2, -0.15) is 5.10 Å². The van der Waals surface area contributed by atoms with Crippen LogP contribution in [0.3, 0.4) is 0 Å². The van der Waals surface area contributed by atoms with Crippen LogP contribution in [0.2, 0.25) is 5.02 Å². The minimum absolute atomic E-state index is 0.0472. The molecule has 0 aromatic heterocycles. The highest BCUT2D eigenvalue weighted by atomic mass is 35.5. The molecule has 0 radical (unpaired) electrons. The van der Waals surface area contributed by atoms with E-state index in [1.165, 1.54) is 0 Å². The molecule has 0 aliphatic carbocycles. The fourth-order valence-corrected chi connectivity index (χ4v) is 5.14.